The van der Waals surface area contributed by atoms with Crippen molar-refractivity contribution in [2.24, 2.45) is 5.41 Å². The van der Waals surface area contributed by atoms with Crippen LogP contribution in [0, 0.1) is 5.41 Å². The molecule has 192 valence electrons. The molecule has 0 bridgehead atoms. The minimum Gasteiger partial charge on any atom is -0.485 e. The Labute approximate surface area is 208 Å². The van der Waals surface area contributed by atoms with E-state index in [9.17, 15) is 13.2 Å². The summed E-state index contributed by atoms with van der Waals surface area (Å²) >= 11 is 0. The van der Waals surface area contributed by atoms with Gasteiger partial charge in [0.15, 0.2) is 0 Å². The molecule has 0 unspecified atom stereocenters. The highest BCUT2D eigenvalue weighted by molar-refractivity contribution is 7.88. The van der Waals surface area contributed by atoms with Crippen molar-refractivity contribution in [2.75, 3.05) is 32.4 Å². The minimum atomic E-state index is -3.19. The van der Waals surface area contributed by atoms with Gasteiger partial charge in [0.05, 0.1) is 18.1 Å². The summed E-state index contributed by atoms with van der Waals surface area (Å²) in [4.78, 5) is 18.9. The molecule has 0 radical (unpaired) electrons. The second kappa shape index (κ2) is 8.20. The van der Waals surface area contributed by atoms with Crippen LogP contribution in [0.4, 0.5) is 4.79 Å². The first-order valence-corrected chi connectivity index (χ1v) is 14.4. The number of likely N-dealkylation sites (tertiary alicyclic amines) is 1. The van der Waals surface area contributed by atoms with E-state index in [1.165, 1.54) is 16.1 Å². The molecule has 4 aliphatic rings. The number of sulfonamides is 1. The van der Waals surface area contributed by atoms with E-state index in [0.717, 1.165) is 67.8 Å². The molecular formula is C26H37N3O5S. The molecule has 0 N–H and O–H groups in total. The quantitative estimate of drug-likeness (QED) is 0.606. The molecule has 2 fully saturated rings. The summed E-state index contributed by atoms with van der Waals surface area (Å²) < 4.78 is 37.4. The van der Waals surface area contributed by atoms with Crippen molar-refractivity contribution < 1.29 is 22.7 Å². The van der Waals surface area contributed by atoms with E-state index in [4.69, 9.17) is 9.47 Å². The van der Waals surface area contributed by atoms with Crippen LogP contribution in [0.25, 0.3) is 5.57 Å². The molecule has 2 spiro atoms. The van der Waals surface area contributed by atoms with Crippen molar-refractivity contribution in [3.63, 3.8) is 0 Å². The molecule has 5 rings (SSSR count). The molecule has 0 atom stereocenters. The van der Waals surface area contributed by atoms with Crippen molar-refractivity contribution in [1.82, 2.24) is 14.2 Å². The smallest absolute Gasteiger partial charge is 0.410 e. The summed E-state index contributed by atoms with van der Waals surface area (Å²) in [6.45, 7) is 10.1. The number of hydrogen-bond acceptors (Lipinski definition) is 6. The number of carbonyl (C=O) groups is 1. The maximum absolute atomic E-state index is 12.4. The lowest BCUT2D eigenvalue weighted by molar-refractivity contribution is -0.120. The summed E-state index contributed by atoms with van der Waals surface area (Å²) in [6.07, 6.45) is 8.46. The number of nitrogens with zero attached hydrogens (tertiary/aromatic N) is 3. The second-order valence-electron chi connectivity index (χ2n) is 12.1. The Balaban J connectivity index is 1.21. The number of fused-ring (bicyclic) bond motifs is 1. The highest BCUT2D eigenvalue weighted by Crippen LogP contribution is 2.60. The number of pyridine rings is 1. The van der Waals surface area contributed by atoms with Gasteiger partial charge in [-0.2, -0.15) is 4.31 Å². The summed E-state index contributed by atoms with van der Waals surface area (Å²) in [5.74, 6) is 0.876. The summed E-state index contributed by atoms with van der Waals surface area (Å²) in [6, 6.07) is 2.15. The van der Waals surface area contributed by atoms with Gasteiger partial charge in [-0.1, -0.05) is 5.57 Å². The Morgan fingerprint density at radius 1 is 1.17 bits per heavy atom. The van der Waals surface area contributed by atoms with Crippen LogP contribution in [0.3, 0.4) is 0 Å². The van der Waals surface area contributed by atoms with Gasteiger partial charge < -0.3 is 14.4 Å². The second-order valence-corrected chi connectivity index (χ2v) is 14.0. The first-order chi connectivity index (χ1) is 16.3. The Hall–Kier alpha value is -2.13. The average Bonchev–Trinajstić information content (AvgIpc) is 3.10. The molecule has 4 heterocycles. The Morgan fingerprint density at radius 3 is 2.46 bits per heavy atom. The topological polar surface area (TPSA) is 89.0 Å². The Morgan fingerprint density at radius 2 is 1.86 bits per heavy atom. The lowest BCUT2D eigenvalue weighted by atomic mass is 9.54. The van der Waals surface area contributed by atoms with Gasteiger partial charge in [-0.25, -0.2) is 13.2 Å². The van der Waals surface area contributed by atoms with E-state index < -0.39 is 15.6 Å². The molecule has 0 aromatic carbocycles. The van der Waals surface area contributed by atoms with Gasteiger partial charge in [-0.3, -0.25) is 4.98 Å². The third-order valence-electron chi connectivity index (χ3n) is 7.98. The molecule has 8 nitrogen and oxygen atoms in total. The van der Waals surface area contributed by atoms with Crippen LogP contribution in [-0.4, -0.2) is 72.3 Å². The largest absolute Gasteiger partial charge is 0.485 e. The molecule has 1 aromatic rings. The third kappa shape index (κ3) is 4.81. The highest BCUT2D eigenvalue weighted by atomic mass is 32.2. The molecule has 1 amide bonds. The van der Waals surface area contributed by atoms with E-state index in [1.54, 1.807) is 0 Å². The monoisotopic (exact) mass is 503 g/mol. The van der Waals surface area contributed by atoms with E-state index >= 15 is 0 Å². The fourth-order valence-corrected chi connectivity index (χ4v) is 7.22. The van der Waals surface area contributed by atoms with E-state index in [1.807, 2.05) is 38.8 Å². The van der Waals surface area contributed by atoms with Crippen molar-refractivity contribution in [3.8, 4) is 5.75 Å². The van der Waals surface area contributed by atoms with Crippen molar-refractivity contribution in [1.29, 1.82) is 0 Å². The van der Waals surface area contributed by atoms with Crippen LogP contribution >= 0.6 is 0 Å². The first-order valence-electron chi connectivity index (χ1n) is 12.6. The maximum atomic E-state index is 12.4. The normalized spacial score (nSPS) is 23.7. The zero-order valence-corrected chi connectivity index (χ0v) is 22.3. The van der Waals surface area contributed by atoms with Crippen molar-refractivity contribution in [2.45, 2.75) is 77.4 Å². The standard InChI is InChI=1S/C26H37N3O5S/c1-18-15-29(35(5,31)32)9-6-20(18)21-12-19-13-26(33-22(19)14-27-21)16-25(17-26)7-10-28(11-8-25)23(30)34-24(2,3)4/h12,14H,6-11,13,15-17H2,1-5H3. The zero-order valence-electron chi connectivity index (χ0n) is 21.5. The van der Waals surface area contributed by atoms with Gasteiger partial charge in [0.25, 0.3) is 0 Å². The average molecular weight is 504 g/mol. The Bertz CT molecular complexity index is 1170. The Kier molecular flexibility index (Phi) is 5.75. The summed E-state index contributed by atoms with van der Waals surface area (Å²) in [5.41, 5.74) is 3.96. The first kappa shape index (κ1) is 24.6. The van der Waals surface area contributed by atoms with Crippen molar-refractivity contribution >= 4 is 21.7 Å². The molecule has 35 heavy (non-hydrogen) atoms. The van der Waals surface area contributed by atoms with Gasteiger partial charge in [-0.15, -0.1) is 0 Å². The van der Waals surface area contributed by atoms with Crippen LogP contribution in [0.5, 0.6) is 5.75 Å². The minimum absolute atomic E-state index is 0.153. The van der Waals surface area contributed by atoms with Gasteiger partial charge in [0.2, 0.25) is 10.0 Å². The number of carbonyl (C=O) groups excluding carboxylic acids is 1. The highest BCUT2D eigenvalue weighted by Gasteiger charge is 2.59. The molecule has 1 saturated heterocycles. The molecule has 1 saturated carbocycles. The van der Waals surface area contributed by atoms with E-state index in [-0.39, 0.29) is 17.1 Å². The maximum Gasteiger partial charge on any atom is 0.410 e. The predicted molar refractivity (Wildman–Crippen MR) is 134 cm³/mol. The number of rotatable bonds is 2. The number of aromatic nitrogens is 1. The van der Waals surface area contributed by atoms with Crippen LogP contribution in [-0.2, 0) is 21.2 Å². The van der Waals surface area contributed by atoms with Gasteiger partial charge >= 0.3 is 6.09 Å². The lowest BCUT2D eigenvalue weighted by Gasteiger charge is -2.56. The number of piperidine rings is 1. The van der Waals surface area contributed by atoms with Gasteiger partial charge in [0.1, 0.15) is 17.0 Å². The van der Waals surface area contributed by atoms with Crippen molar-refractivity contribution in [3.05, 3.63) is 29.1 Å². The van der Waals surface area contributed by atoms with Crippen LogP contribution < -0.4 is 4.74 Å². The SMILES string of the molecule is CC1=C(c2cc3c(cn2)OC2(C3)CC3(CCN(C(=O)OC(C)(C)C)CC3)C2)CCN(S(C)(=O)=O)C1. The van der Waals surface area contributed by atoms with Crippen LogP contribution in [0.1, 0.15) is 71.1 Å². The zero-order chi connectivity index (χ0) is 25.2. The van der Waals surface area contributed by atoms with Gasteiger partial charge in [0, 0.05) is 38.2 Å². The number of amides is 1. The lowest BCUT2D eigenvalue weighted by Crippen LogP contribution is -2.59. The molecule has 9 heteroatoms. The van der Waals surface area contributed by atoms with Crippen LogP contribution in [0.2, 0.25) is 0 Å². The number of hydrogen-bond donors (Lipinski definition) is 0. The third-order valence-corrected chi connectivity index (χ3v) is 9.23. The van der Waals surface area contributed by atoms with Gasteiger partial charge in [-0.05, 0) is 76.9 Å². The molecule has 1 aliphatic carbocycles. The molecule has 1 aromatic heterocycles. The fraction of sp³-hybridized carbons (Fsp3) is 0.692. The summed E-state index contributed by atoms with van der Waals surface area (Å²) in [5, 5.41) is 0. The molecular weight excluding hydrogens is 466 g/mol. The van der Waals surface area contributed by atoms with E-state index in [0.29, 0.717) is 19.5 Å². The number of ether oxygens (including phenoxy) is 2. The summed E-state index contributed by atoms with van der Waals surface area (Å²) in [7, 11) is -3.19. The fourth-order valence-electron chi connectivity index (χ4n) is 6.37. The molecule has 3 aliphatic heterocycles. The van der Waals surface area contributed by atoms with E-state index in [2.05, 4.69) is 11.1 Å². The predicted octanol–water partition coefficient (Wildman–Crippen LogP) is 4.01. The van der Waals surface area contributed by atoms with Crippen LogP contribution in [0.15, 0.2) is 17.8 Å².